The molecular weight excluding hydrogens is 206 g/mol. The van der Waals surface area contributed by atoms with Gasteiger partial charge in [-0.15, -0.1) is 0 Å². The molecule has 1 aliphatic heterocycles. The van der Waals surface area contributed by atoms with E-state index in [1.165, 1.54) is 0 Å². The average molecular weight is 231 g/mol. The molecule has 0 radical (unpaired) electrons. The molecular formula is C12H25NO3. The zero-order valence-corrected chi connectivity index (χ0v) is 10.8. The third kappa shape index (κ3) is 5.80. The van der Waals surface area contributed by atoms with Crippen LogP contribution < -0.4 is 0 Å². The van der Waals surface area contributed by atoms with Crippen molar-refractivity contribution in [2.24, 2.45) is 5.92 Å². The molecule has 0 amide bonds. The molecule has 0 unspecified atom stereocenters. The summed E-state index contributed by atoms with van der Waals surface area (Å²) >= 11 is 0. The molecule has 1 saturated heterocycles. The van der Waals surface area contributed by atoms with Crippen molar-refractivity contribution in [3.63, 3.8) is 0 Å². The molecule has 0 saturated carbocycles. The van der Waals surface area contributed by atoms with Crippen molar-refractivity contribution in [2.75, 3.05) is 53.2 Å². The molecule has 96 valence electrons. The molecule has 0 N–H and O–H groups in total. The summed E-state index contributed by atoms with van der Waals surface area (Å²) in [5.74, 6) is 0.705. The largest absolute Gasteiger partial charge is 0.383 e. The van der Waals surface area contributed by atoms with Gasteiger partial charge in [-0.1, -0.05) is 0 Å². The third-order valence-corrected chi connectivity index (χ3v) is 2.68. The number of hydrogen-bond donors (Lipinski definition) is 0. The minimum absolute atomic E-state index is 0.303. The first-order chi connectivity index (χ1) is 7.72. The van der Waals surface area contributed by atoms with Gasteiger partial charge in [0.2, 0.25) is 0 Å². The SMILES string of the molecule is COCCN1CC(COCCOC(C)C)C1. The van der Waals surface area contributed by atoms with Gasteiger partial charge in [-0.25, -0.2) is 0 Å². The number of nitrogens with zero attached hydrogens (tertiary/aromatic N) is 1. The third-order valence-electron chi connectivity index (χ3n) is 2.68. The Morgan fingerprint density at radius 2 is 1.94 bits per heavy atom. The molecule has 4 heteroatoms. The molecule has 4 nitrogen and oxygen atoms in total. The predicted molar refractivity (Wildman–Crippen MR) is 63.7 cm³/mol. The van der Waals surface area contributed by atoms with Crippen molar-refractivity contribution in [3.8, 4) is 0 Å². The van der Waals surface area contributed by atoms with Crippen LogP contribution in [0.4, 0.5) is 0 Å². The summed E-state index contributed by atoms with van der Waals surface area (Å²) in [5.41, 5.74) is 0. The molecule has 0 aromatic carbocycles. The Kier molecular flexibility index (Phi) is 6.96. The summed E-state index contributed by atoms with van der Waals surface area (Å²) < 4.78 is 16.0. The fraction of sp³-hybridized carbons (Fsp3) is 1.00. The van der Waals surface area contributed by atoms with Crippen LogP contribution in [0.25, 0.3) is 0 Å². The molecule has 0 spiro atoms. The Labute approximate surface area is 98.8 Å². The highest BCUT2D eigenvalue weighted by Crippen LogP contribution is 2.14. The summed E-state index contributed by atoms with van der Waals surface area (Å²) in [5, 5.41) is 0. The van der Waals surface area contributed by atoms with E-state index >= 15 is 0 Å². The Hall–Kier alpha value is -0.160. The maximum Gasteiger partial charge on any atom is 0.0703 e. The highest BCUT2D eigenvalue weighted by molar-refractivity contribution is 4.79. The van der Waals surface area contributed by atoms with Crippen LogP contribution in [0.3, 0.4) is 0 Å². The van der Waals surface area contributed by atoms with E-state index in [0.717, 1.165) is 32.8 Å². The number of likely N-dealkylation sites (tertiary alicyclic amines) is 1. The van der Waals surface area contributed by atoms with Crippen LogP contribution >= 0.6 is 0 Å². The van der Waals surface area contributed by atoms with Crippen LogP contribution in [-0.4, -0.2) is 64.2 Å². The van der Waals surface area contributed by atoms with Crippen molar-refractivity contribution in [3.05, 3.63) is 0 Å². The first-order valence-electron chi connectivity index (χ1n) is 6.13. The number of methoxy groups -OCH3 is 1. The van der Waals surface area contributed by atoms with Gasteiger partial charge in [-0.3, -0.25) is 0 Å². The Morgan fingerprint density at radius 1 is 1.19 bits per heavy atom. The first kappa shape index (κ1) is 13.9. The lowest BCUT2D eigenvalue weighted by molar-refractivity contribution is -0.0236. The zero-order valence-electron chi connectivity index (χ0n) is 10.8. The fourth-order valence-corrected chi connectivity index (χ4v) is 1.78. The minimum atomic E-state index is 0.303. The molecule has 0 aliphatic carbocycles. The molecule has 1 aliphatic rings. The van der Waals surface area contributed by atoms with Gasteiger partial charge in [-0.2, -0.15) is 0 Å². The van der Waals surface area contributed by atoms with E-state index in [2.05, 4.69) is 4.90 Å². The maximum atomic E-state index is 5.56. The fourth-order valence-electron chi connectivity index (χ4n) is 1.78. The van der Waals surface area contributed by atoms with E-state index in [0.29, 0.717) is 25.2 Å². The van der Waals surface area contributed by atoms with Crippen LogP contribution in [0, 0.1) is 5.92 Å². The van der Waals surface area contributed by atoms with Gasteiger partial charge in [0, 0.05) is 32.7 Å². The lowest BCUT2D eigenvalue weighted by Crippen LogP contribution is -2.49. The van der Waals surface area contributed by atoms with Gasteiger partial charge in [0.15, 0.2) is 0 Å². The molecule has 1 rings (SSSR count). The van der Waals surface area contributed by atoms with Gasteiger partial charge in [0.05, 0.1) is 32.5 Å². The summed E-state index contributed by atoms with van der Waals surface area (Å²) in [6, 6.07) is 0. The second-order valence-electron chi connectivity index (χ2n) is 4.61. The topological polar surface area (TPSA) is 30.9 Å². The van der Waals surface area contributed by atoms with Crippen LogP contribution in [0.5, 0.6) is 0 Å². The molecule has 0 atom stereocenters. The summed E-state index contributed by atoms with van der Waals surface area (Å²) in [7, 11) is 1.75. The summed E-state index contributed by atoms with van der Waals surface area (Å²) in [6.07, 6.45) is 0.303. The maximum absolute atomic E-state index is 5.56. The van der Waals surface area contributed by atoms with Crippen LogP contribution in [-0.2, 0) is 14.2 Å². The van der Waals surface area contributed by atoms with Gasteiger partial charge in [0.25, 0.3) is 0 Å². The minimum Gasteiger partial charge on any atom is -0.383 e. The van der Waals surface area contributed by atoms with Crippen LogP contribution in [0.1, 0.15) is 13.8 Å². The standard InChI is InChI=1S/C12H25NO3/c1-11(2)16-7-6-15-10-12-8-13(9-12)4-5-14-3/h11-12H,4-10H2,1-3H3. The number of hydrogen-bond acceptors (Lipinski definition) is 4. The van der Waals surface area contributed by atoms with E-state index < -0.39 is 0 Å². The van der Waals surface area contributed by atoms with E-state index in [9.17, 15) is 0 Å². The molecule has 1 fully saturated rings. The smallest absolute Gasteiger partial charge is 0.0703 e. The monoisotopic (exact) mass is 231 g/mol. The highest BCUT2D eigenvalue weighted by atomic mass is 16.5. The Morgan fingerprint density at radius 3 is 2.56 bits per heavy atom. The quantitative estimate of drug-likeness (QED) is 0.554. The van der Waals surface area contributed by atoms with E-state index in [1.54, 1.807) is 7.11 Å². The number of rotatable bonds is 9. The van der Waals surface area contributed by atoms with Crippen molar-refractivity contribution in [2.45, 2.75) is 20.0 Å². The number of ether oxygens (including phenoxy) is 3. The van der Waals surface area contributed by atoms with Crippen molar-refractivity contribution in [1.29, 1.82) is 0 Å². The molecule has 16 heavy (non-hydrogen) atoms. The average Bonchev–Trinajstić information content (AvgIpc) is 2.18. The van der Waals surface area contributed by atoms with Gasteiger partial charge >= 0.3 is 0 Å². The Bertz CT molecular complexity index is 170. The van der Waals surface area contributed by atoms with Gasteiger partial charge in [0.1, 0.15) is 0 Å². The van der Waals surface area contributed by atoms with Crippen molar-refractivity contribution in [1.82, 2.24) is 4.90 Å². The second-order valence-corrected chi connectivity index (χ2v) is 4.61. The van der Waals surface area contributed by atoms with Crippen LogP contribution in [0.2, 0.25) is 0 Å². The second kappa shape index (κ2) is 8.01. The van der Waals surface area contributed by atoms with Gasteiger partial charge in [-0.05, 0) is 13.8 Å². The lowest BCUT2D eigenvalue weighted by Gasteiger charge is -2.38. The van der Waals surface area contributed by atoms with E-state index in [4.69, 9.17) is 14.2 Å². The normalized spacial score (nSPS) is 18.0. The van der Waals surface area contributed by atoms with Crippen molar-refractivity contribution < 1.29 is 14.2 Å². The molecule has 0 aromatic heterocycles. The molecule has 0 bridgehead atoms. The van der Waals surface area contributed by atoms with E-state index in [-0.39, 0.29) is 0 Å². The lowest BCUT2D eigenvalue weighted by atomic mass is 10.0. The summed E-state index contributed by atoms with van der Waals surface area (Å²) in [4.78, 5) is 2.39. The zero-order chi connectivity index (χ0) is 11.8. The van der Waals surface area contributed by atoms with Gasteiger partial charge < -0.3 is 19.1 Å². The summed E-state index contributed by atoms with van der Waals surface area (Å²) in [6.45, 7) is 10.5. The van der Waals surface area contributed by atoms with E-state index in [1.807, 2.05) is 13.8 Å². The molecule has 0 aromatic rings. The van der Waals surface area contributed by atoms with Crippen LogP contribution in [0.15, 0.2) is 0 Å². The predicted octanol–water partition coefficient (Wildman–Crippen LogP) is 1.01. The van der Waals surface area contributed by atoms with Crippen molar-refractivity contribution >= 4 is 0 Å². The highest BCUT2D eigenvalue weighted by Gasteiger charge is 2.25. The molecule has 1 heterocycles. The Balaban J connectivity index is 1.82. The first-order valence-corrected chi connectivity index (χ1v) is 6.13.